The third kappa shape index (κ3) is 3.83. The van der Waals surface area contributed by atoms with E-state index >= 15 is 0 Å². The van der Waals surface area contributed by atoms with Crippen molar-refractivity contribution in [1.29, 1.82) is 0 Å². The van der Waals surface area contributed by atoms with Gasteiger partial charge in [-0.15, -0.1) is 0 Å². The molecule has 2 N–H and O–H groups in total. The number of hydrogen-bond acceptors (Lipinski definition) is 3. The van der Waals surface area contributed by atoms with Crippen molar-refractivity contribution in [2.24, 2.45) is 5.73 Å². The Hall–Kier alpha value is -0.840. The van der Waals surface area contributed by atoms with E-state index in [1.807, 2.05) is 31.3 Å². The summed E-state index contributed by atoms with van der Waals surface area (Å²) in [5, 5.41) is 1.01. The minimum absolute atomic E-state index is 0.155. The monoisotopic (exact) mass is 322 g/mol. The van der Waals surface area contributed by atoms with Gasteiger partial charge in [0.1, 0.15) is 5.03 Å². The molecule has 1 atom stereocenters. The van der Waals surface area contributed by atoms with Gasteiger partial charge in [0.2, 0.25) is 0 Å². The SMILES string of the molecule is CC(N)Cc1cc(Br)ccc1Sc1ccccn1. The standard InChI is InChI=1S/C14H15BrN2S/c1-10(16)8-11-9-12(15)5-6-13(11)18-14-4-2-3-7-17-14/h2-7,9-10H,8,16H2,1H3. The first-order valence-corrected chi connectivity index (χ1v) is 7.39. The fourth-order valence-corrected chi connectivity index (χ4v) is 2.98. The zero-order chi connectivity index (χ0) is 13.0. The van der Waals surface area contributed by atoms with Crippen molar-refractivity contribution in [3.63, 3.8) is 0 Å². The quantitative estimate of drug-likeness (QED) is 0.928. The number of hydrogen-bond donors (Lipinski definition) is 1. The molecule has 2 nitrogen and oxygen atoms in total. The van der Waals surface area contributed by atoms with Crippen molar-refractivity contribution in [3.05, 3.63) is 52.6 Å². The predicted octanol–water partition coefficient (Wildman–Crippen LogP) is 3.89. The largest absolute Gasteiger partial charge is 0.328 e. The topological polar surface area (TPSA) is 38.9 Å². The summed E-state index contributed by atoms with van der Waals surface area (Å²) in [5.41, 5.74) is 7.16. The Morgan fingerprint density at radius 1 is 1.33 bits per heavy atom. The maximum Gasteiger partial charge on any atom is 0.101 e. The minimum Gasteiger partial charge on any atom is -0.328 e. The summed E-state index contributed by atoms with van der Waals surface area (Å²) in [5.74, 6) is 0. The lowest BCUT2D eigenvalue weighted by atomic mass is 10.1. The van der Waals surface area contributed by atoms with Crippen LogP contribution < -0.4 is 5.73 Å². The van der Waals surface area contributed by atoms with E-state index < -0.39 is 0 Å². The number of nitrogens with zero attached hydrogens (tertiary/aromatic N) is 1. The first kappa shape index (κ1) is 13.6. The van der Waals surface area contributed by atoms with E-state index in [0.717, 1.165) is 15.9 Å². The smallest absolute Gasteiger partial charge is 0.101 e. The zero-order valence-electron chi connectivity index (χ0n) is 10.1. The third-order valence-corrected chi connectivity index (χ3v) is 3.98. The summed E-state index contributed by atoms with van der Waals surface area (Å²) in [6, 6.07) is 12.4. The second-order valence-corrected chi connectivity index (χ2v) is 6.18. The van der Waals surface area contributed by atoms with E-state index in [2.05, 4.69) is 39.1 Å². The summed E-state index contributed by atoms with van der Waals surface area (Å²) in [4.78, 5) is 5.55. The van der Waals surface area contributed by atoms with E-state index in [1.165, 1.54) is 10.5 Å². The van der Waals surface area contributed by atoms with Crippen LogP contribution in [0.1, 0.15) is 12.5 Å². The molecule has 0 spiro atoms. The number of halogens is 1. The van der Waals surface area contributed by atoms with Crippen molar-refractivity contribution in [1.82, 2.24) is 4.98 Å². The van der Waals surface area contributed by atoms with Gasteiger partial charge in [-0.25, -0.2) is 4.98 Å². The molecule has 0 amide bonds. The van der Waals surface area contributed by atoms with Gasteiger partial charge in [-0.05, 0) is 49.2 Å². The first-order chi connectivity index (χ1) is 8.65. The van der Waals surface area contributed by atoms with Crippen molar-refractivity contribution in [2.45, 2.75) is 29.3 Å². The van der Waals surface area contributed by atoms with E-state index in [4.69, 9.17) is 5.73 Å². The van der Waals surface area contributed by atoms with Gasteiger partial charge in [-0.1, -0.05) is 33.8 Å². The van der Waals surface area contributed by atoms with Crippen molar-refractivity contribution >= 4 is 27.7 Å². The zero-order valence-corrected chi connectivity index (χ0v) is 12.5. The highest BCUT2D eigenvalue weighted by Crippen LogP contribution is 2.31. The Balaban J connectivity index is 2.26. The second-order valence-electron chi connectivity index (χ2n) is 4.20. The predicted molar refractivity (Wildman–Crippen MR) is 79.9 cm³/mol. The normalized spacial score (nSPS) is 12.4. The van der Waals surface area contributed by atoms with E-state index in [1.54, 1.807) is 11.8 Å². The van der Waals surface area contributed by atoms with Crippen LogP contribution >= 0.6 is 27.7 Å². The molecule has 0 aliphatic rings. The summed E-state index contributed by atoms with van der Waals surface area (Å²) >= 11 is 5.18. The van der Waals surface area contributed by atoms with Crippen LogP contribution in [0.2, 0.25) is 0 Å². The molecule has 0 fully saturated rings. The van der Waals surface area contributed by atoms with E-state index in [0.29, 0.717) is 0 Å². The van der Waals surface area contributed by atoms with Crippen LogP contribution in [0, 0.1) is 0 Å². The fourth-order valence-electron chi connectivity index (χ4n) is 1.67. The Kier molecular flexibility index (Phi) is 4.80. The summed E-state index contributed by atoms with van der Waals surface area (Å²) in [7, 11) is 0. The highest BCUT2D eigenvalue weighted by Gasteiger charge is 2.08. The number of rotatable bonds is 4. The average molecular weight is 323 g/mol. The molecule has 1 unspecified atom stereocenters. The molecule has 0 aliphatic heterocycles. The van der Waals surface area contributed by atoms with Gasteiger partial charge >= 0.3 is 0 Å². The molecule has 2 aromatic rings. The van der Waals surface area contributed by atoms with Gasteiger partial charge in [0.25, 0.3) is 0 Å². The maximum atomic E-state index is 5.90. The summed E-state index contributed by atoms with van der Waals surface area (Å²) < 4.78 is 1.09. The lowest BCUT2D eigenvalue weighted by Gasteiger charge is -2.11. The Bertz CT molecular complexity index is 514. The van der Waals surface area contributed by atoms with Crippen molar-refractivity contribution < 1.29 is 0 Å². The van der Waals surface area contributed by atoms with Crippen LogP contribution in [0.15, 0.2) is 57.0 Å². The molecule has 4 heteroatoms. The van der Waals surface area contributed by atoms with Crippen LogP contribution in [-0.2, 0) is 6.42 Å². The van der Waals surface area contributed by atoms with Gasteiger partial charge in [0.15, 0.2) is 0 Å². The highest BCUT2D eigenvalue weighted by molar-refractivity contribution is 9.10. The molecule has 0 saturated heterocycles. The molecule has 0 bridgehead atoms. The molecule has 18 heavy (non-hydrogen) atoms. The first-order valence-electron chi connectivity index (χ1n) is 5.78. The fraction of sp³-hybridized carbons (Fsp3) is 0.214. The van der Waals surface area contributed by atoms with Gasteiger partial charge < -0.3 is 5.73 Å². The number of pyridine rings is 1. The number of benzene rings is 1. The molecule has 1 heterocycles. The number of aromatic nitrogens is 1. The molecule has 0 aliphatic carbocycles. The van der Waals surface area contributed by atoms with Crippen LogP contribution in [-0.4, -0.2) is 11.0 Å². The van der Waals surface area contributed by atoms with Gasteiger partial charge in [-0.3, -0.25) is 0 Å². The third-order valence-electron chi connectivity index (χ3n) is 2.42. The molecule has 94 valence electrons. The summed E-state index contributed by atoms with van der Waals surface area (Å²) in [6.07, 6.45) is 2.68. The molecule has 2 rings (SSSR count). The van der Waals surface area contributed by atoms with Gasteiger partial charge in [0, 0.05) is 21.6 Å². The Labute approximate surface area is 120 Å². The Morgan fingerprint density at radius 2 is 2.17 bits per heavy atom. The average Bonchev–Trinajstić information content (AvgIpc) is 2.33. The lowest BCUT2D eigenvalue weighted by Crippen LogP contribution is -2.18. The number of nitrogens with two attached hydrogens (primary N) is 1. The van der Waals surface area contributed by atoms with Crippen molar-refractivity contribution in [2.75, 3.05) is 0 Å². The van der Waals surface area contributed by atoms with Gasteiger partial charge in [0.05, 0.1) is 0 Å². The molecule has 0 saturated carbocycles. The van der Waals surface area contributed by atoms with Crippen molar-refractivity contribution in [3.8, 4) is 0 Å². The van der Waals surface area contributed by atoms with Crippen LogP contribution in [0.5, 0.6) is 0 Å². The van der Waals surface area contributed by atoms with Gasteiger partial charge in [-0.2, -0.15) is 0 Å². The molecule has 1 aromatic carbocycles. The molecule has 0 radical (unpaired) electrons. The highest BCUT2D eigenvalue weighted by atomic mass is 79.9. The molecular formula is C14H15BrN2S. The van der Waals surface area contributed by atoms with E-state index in [9.17, 15) is 0 Å². The maximum absolute atomic E-state index is 5.90. The minimum atomic E-state index is 0.155. The Morgan fingerprint density at radius 3 is 2.83 bits per heavy atom. The van der Waals surface area contributed by atoms with Crippen LogP contribution in [0.3, 0.4) is 0 Å². The van der Waals surface area contributed by atoms with Crippen LogP contribution in [0.4, 0.5) is 0 Å². The lowest BCUT2D eigenvalue weighted by molar-refractivity contribution is 0.729. The van der Waals surface area contributed by atoms with E-state index in [-0.39, 0.29) is 6.04 Å². The summed E-state index contributed by atoms with van der Waals surface area (Å²) in [6.45, 7) is 2.02. The van der Waals surface area contributed by atoms with Crippen LogP contribution in [0.25, 0.3) is 0 Å². The molecular weight excluding hydrogens is 308 g/mol. The second kappa shape index (κ2) is 6.36. The molecule has 1 aromatic heterocycles.